The number of hydrogen-bond acceptors (Lipinski definition) is 7. The Morgan fingerprint density at radius 2 is 2.08 bits per heavy atom. The average molecular weight is 559 g/mol. The van der Waals surface area contributed by atoms with Gasteiger partial charge in [0.05, 0.1) is 16.8 Å². The van der Waals surface area contributed by atoms with E-state index >= 15 is 0 Å². The molecule has 210 valence electrons. The van der Waals surface area contributed by atoms with Crippen molar-refractivity contribution in [3.05, 3.63) is 58.2 Å². The lowest BCUT2D eigenvalue weighted by atomic mass is 9.92. The number of aliphatic carboxylic acids is 1. The number of ether oxygens (including phenoxy) is 1. The Morgan fingerprint density at radius 3 is 2.90 bits per heavy atom. The normalized spacial score (nSPS) is 24.8. The quantitative estimate of drug-likeness (QED) is 0.376. The van der Waals surface area contributed by atoms with E-state index in [4.69, 9.17) is 14.7 Å². The van der Waals surface area contributed by atoms with Crippen molar-refractivity contribution in [3.8, 4) is 17.0 Å². The van der Waals surface area contributed by atoms with Gasteiger partial charge in [0.2, 0.25) is 0 Å². The molecule has 2 atom stereocenters. The Balaban J connectivity index is 1.03. The number of thiazole rings is 1. The van der Waals surface area contributed by atoms with Crippen molar-refractivity contribution in [3.63, 3.8) is 0 Å². The SMILES string of the molecule is Cc1ccc(OCc2cnc3c(c2)CCN(C2CCCCC2)C3)c(-c2csc(N3CC[C@@]4(C(=O)O)CC4C3)n2)c1. The highest BCUT2D eigenvalue weighted by molar-refractivity contribution is 7.14. The second kappa shape index (κ2) is 10.5. The molecule has 2 aliphatic heterocycles. The number of piperidine rings is 1. The highest BCUT2D eigenvalue weighted by Gasteiger charge is 2.62. The molecule has 8 heteroatoms. The van der Waals surface area contributed by atoms with Gasteiger partial charge in [0.1, 0.15) is 12.4 Å². The topological polar surface area (TPSA) is 78.8 Å². The van der Waals surface area contributed by atoms with Crippen LogP contribution < -0.4 is 9.64 Å². The van der Waals surface area contributed by atoms with Crippen molar-refractivity contribution < 1.29 is 14.6 Å². The lowest BCUT2D eigenvalue weighted by Crippen LogP contribution is -2.40. The first-order valence-corrected chi connectivity index (χ1v) is 15.7. The molecule has 0 bridgehead atoms. The van der Waals surface area contributed by atoms with E-state index in [0.717, 1.165) is 78.3 Å². The minimum atomic E-state index is -0.630. The Labute approximate surface area is 240 Å². The van der Waals surface area contributed by atoms with Crippen LogP contribution in [0.25, 0.3) is 11.3 Å². The van der Waals surface area contributed by atoms with Crippen LogP contribution in [0.1, 0.15) is 67.3 Å². The largest absolute Gasteiger partial charge is 0.488 e. The molecule has 2 aliphatic carbocycles. The molecule has 0 amide bonds. The molecule has 0 radical (unpaired) electrons. The van der Waals surface area contributed by atoms with Gasteiger partial charge in [0.15, 0.2) is 5.13 Å². The van der Waals surface area contributed by atoms with Crippen LogP contribution in [0.4, 0.5) is 5.13 Å². The summed E-state index contributed by atoms with van der Waals surface area (Å²) in [5.41, 5.74) is 6.30. The Morgan fingerprint density at radius 1 is 1.20 bits per heavy atom. The molecule has 3 fully saturated rings. The van der Waals surface area contributed by atoms with Crippen molar-refractivity contribution in [2.75, 3.05) is 24.5 Å². The van der Waals surface area contributed by atoms with Gasteiger partial charge in [-0.2, -0.15) is 0 Å². The van der Waals surface area contributed by atoms with Gasteiger partial charge in [-0.05, 0) is 68.7 Å². The summed E-state index contributed by atoms with van der Waals surface area (Å²) in [6.45, 7) is 6.20. The smallest absolute Gasteiger partial charge is 0.310 e. The fourth-order valence-electron chi connectivity index (χ4n) is 7.14. The van der Waals surface area contributed by atoms with Gasteiger partial charge >= 0.3 is 5.97 Å². The Hall–Kier alpha value is -2.97. The zero-order chi connectivity index (χ0) is 27.3. The maximum absolute atomic E-state index is 11.7. The van der Waals surface area contributed by atoms with Crippen LogP contribution >= 0.6 is 11.3 Å². The highest BCUT2D eigenvalue weighted by atomic mass is 32.1. The van der Waals surface area contributed by atoms with Crippen LogP contribution in [0.5, 0.6) is 5.75 Å². The van der Waals surface area contributed by atoms with Gasteiger partial charge < -0.3 is 14.7 Å². The van der Waals surface area contributed by atoms with E-state index in [1.165, 1.54) is 43.4 Å². The van der Waals surface area contributed by atoms with Crippen LogP contribution in [0, 0.1) is 18.3 Å². The summed E-state index contributed by atoms with van der Waals surface area (Å²) in [6, 6.07) is 9.30. The van der Waals surface area contributed by atoms with E-state index in [9.17, 15) is 9.90 Å². The number of rotatable bonds is 7. The molecule has 40 heavy (non-hydrogen) atoms. The van der Waals surface area contributed by atoms with Crippen molar-refractivity contribution in [1.29, 1.82) is 0 Å². The molecule has 4 heterocycles. The monoisotopic (exact) mass is 558 g/mol. The third-order valence-corrected chi connectivity index (χ3v) is 10.6. The number of anilines is 1. The van der Waals surface area contributed by atoms with Crippen LogP contribution in [0.15, 0.2) is 35.8 Å². The second-order valence-electron chi connectivity index (χ2n) is 12.3. The molecule has 2 aromatic heterocycles. The lowest BCUT2D eigenvalue weighted by molar-refractivity contribution is -0.144. The first-order chi connectivity index (χ1) is 19.5. The highest BCUT2D eigenvalue weighted by Crippen LogP contribution is 2.58. The van der Waals surface area contributed by atoms with E-state index in [2.05, 4.69) is 40.3 Å². The number of pyridine rings is 1. The maximum atomic E-state index is 11.7. The molecule has 2 saturated carbocycles. The molecule has 0 spiro atoms. The second-order valence-corrected chi connectivity index (χ2v) is 13.2. The summed E-state index contributed by atoms with van der Waals surface area (Å²) in [6.07, 6.45) is 11.4. The zero-order valence-corrected chi connectivity index (χ0v) is 24.1. The molecule has 1 aromatic carbocycles. The molecule has 7 nitrogen and oxygen atoms in total. The number of aromatic nitrogens is 2. The predicted octanol–water partition coefficient (Wildman–Crippen LogP) is 6.08. The van der Waals surface area contributed by atoms with Gasteiger partial charge in [-0.3, -0.25) is 14.7 Å². The fraction of sp³-hybridized carbons (Fsp3) is 0.531. The summed E-state index contributed by atoms with van der Waals surface area (Å²) >= 11 is 1.63. The van der Waals surface area contributed by atoms with Crippen molar-refractivity contribution in [2.45, 2.75) is 77.5 Å². The predicted molar refractivity (Wildman–Crippen MR) is 157 cm³/mol. The number of carboxylic acid groups (broad SMARTS) is 1. The summed E-state index contributed by atoms with van der Waals surface area (Å²) in [7, 11) is 0. The molecule has 1 N–H and O–H groups in total. The van der Waals surface area contributed by atoms with Gasteiger partial charge in [0, 0.05) is 54.9 Å². The van der Waals surface area contributed by atoms with Gasteiger partial charge in [-0.25, -0.2) is 4.98 Å². The maximum Gasteiger partial charge on any atom is 0.310 e. The van der Waals surface area contributed by atoms with E-state index in [-0.39, 0.29) is 5.92 Å². The van der Waals surface area contributed by atoms with Crippen LogP contribution in [-0.2, 0) is 24.4 Å². The number of benzene rings is 1. The summed E-state index contributed by atoms with van der Waals surface area (Å²) < 4.78 is 6.39. The number of nitrogens with zero attached hydrogens (tertiary/aromatic N) is 4. The van der Waals surface area contributed by atoms with Gasteiger partial charge in [-0.15, -0.1) is 11.3 Å². The number of carboxylic acids is 1. The van der Waals surface area contributed by atoms with E-state index < -0.39 is 11.4 Å². The number of carbonyl (C=O) groups is 1. The minimum Gasteiger partial charge on any atom is -0.488 e. The molecule has 3 aromatic rings. The summed E-state index contributed by atoms with van der Waals surface area (Å²) in [5.74, 6) is 0.438. The number of aryl methyl sites for hydroxylation is 1. The standard InChI is InChI=1S/C32H38N4O3S/c1-21-7-8-29(26(13-21)28-20-40-31(34-28)36-12-10-32(30(37)38)15-24(32)17-36)39-19-22-14-23-9-11-35(18-27(23)33-16-22)25-5-3-2-4-6-25/h7-8,13-14,16,20,24-25H,2-6,9-12,15,17-19H2,1H3,(H,37,38)/t24?,32-/m1/s1. The third kappa shape index (κ3) is 4.90. The minimum absolute atomic E-state index is 0.240. The Kier molecular flexibility index (Phi) is 6.79. The lowest BCUT2D eigenvalue weighted by Gasteiger charge is -2.37. The van der Waals surface area contributed by atoms with Crippen LogP contribution in [-0.4, -0.2) is 51.6 Å². The van der Waals surface area contributed by atoms with E-state index in [1.807, 2.05) is 12.3 Å². The van der Waals surface area contributed by atoms with Crippen LogP contribution in [0.3, 0.4) is 0 Å². The summed E-state index contributed by atoms with van der Waals surface area (Å²) in [5, 5.41) is 12.7. The molecule has 4 aliphatic rings. The number of fused-ring (bicyclic) bond motifs is 2. The van der Waals surface area contributed by atoms with Crippen molar-refractivity contribution in [2.24, 2.45) is 11.3 Å². The Bertz CT molecular complexity index is 1420. The molecular weight excluding hydrogens is 520 g/mol. The zero-order valence-electron chi connectivity index (χ0n) is 23.3. The molecule has 1 saturated heterocycles. The average Bonchev–Trinajstić information content (AvgIpc) is 3.54. The molecule has 1 unspecified atom stereocenters. The van der Waals surface area contributed by atoms with E-state index in [1.54, 1.807) is 11.3 Å². The summed E-state index contributed by atoms with van der Waals surface area (Å²) in [4.78, 5) is 26.5. The van der Waals surface area contributed by atoms with Crippen LogP contribution in [0.2, 0.25) is 0 Å². The van der Waals surface area contributed by atoms with Crippen molar-refractivity contribution >= 4 is 22.4 Å². The van der Waals surface area contributed by atoms with E-state index in [0.29, 0.717) is 13.0 Å². The van der Waals surface area contributed by atoms with Gasteiger partial charge in [0.25, 0.3) is 0 Å². The fourth-order valence-corrected chi connectivity index (χ4v) is 8.01. The first-order valence-electron chi connectivity index (χ1n) is 14.9. The molecular formula is C32H38N4O3S. The third-order valence-electron chi connectivity index (χ3n) is 9.72. The van der Waals surface area contributed by atoms with Crippen molar-refractivity contribution in [1.82, 2.24) is 14.9 Å². The number of hydrogen-bond donors (Lipinski definition) is 1. The van der Waals surface area contributed by atoms with Gasteiger partial charge in [-0.1, -0.05) is 30.9 Å². The molecule has 7 rings (SSSR count). The first kappa shape index (κ1) is 26.0.